The number of rotatable bonds is 31. The van der Waals surface area contributed by atoms with Crippen molar-refractivity contribution in [1.29, 1.82) is 0 Å². The molecule has 0 spiro atoms. The van der Waals surface area contributed by atoms with Gasteiger partial charge in [0.05, 0.1) is 81.3 Å². The van der Waals surface area contributed by atoms with E-state index in [-0.39, 0.29) is 122 Å². The van der Waals surface area contributed by atoms with Crippen LogP contribution in [0.4, 0.5) is 86.3 Å². The summed E-state index contributed by atoms with van der Waals surface area (Å²) in [5.74, 6) is 0. The number of carbonyl (C=O) groups excluding carboxylic acids is 18. The van der Waals surface area contributed by atoms with Gasteiger partial charge in [-0.25, -0.2) is 86.3 Å². The highest BCUT2D eigenvalue weighted by molar-refractivity contribution is 5.75. The number of alkyl carbamates (subject to hydrolysis) is 18. The van der Waals surface area contributed by atoms with Gasteiger partial charge in [0.1, 0.15) is 0 Å². The van der Waals surface area contributed by atoms with Gasteiger partial charge >= 0.3 is 110 Å². The van der Waals surface area contributed by atoms with Gasteiger partial charge in [-0.1, -0.05) is 89.1 Å². The number of nitrogens with one attached hydrogen (secondary N) is 18. The first-order valence-electron chi connectivity index (χ1n) is 24.8. The Morgan fingerprint density at radius 3 is 0.387 bits per heavy atom. The minimum atomic E-state index is -1.05. The Labute approximate surface area is 614 Å². The number of methoxy groups -OCH3 is 3. The van der Waals surface area contributed by atoms with Crippen LogP contribution in [-0.4, -0.2) is 253 Å². The first-order valence-corrected chi connectivity index (χ1v) is 24.8. The van der Waals surface area contributed by atoms with Gasteiger partial charge in [-0.2, -0.15) is 0 Å². The van der Waals surface area contributed by atoms with E-state index in [1.165, 1.54) is 14.1 Å². The number of hydrogen-bond acceptors (Lipinski definition) is 36. The molecule has 54 heteroatoms. The van der Waals surface area contributed by atoms with E-state index in [9.17, 15) is 86.3 Å². The van der Waals surface area contributed by atoms with Crippen molar-refractivity contribution in [2.75, 3.05) is 143 Å². The Kier molecular flexibility index (Phi) is 107. The highest BCUT2D eigenvalue weighted by atomic mass is 16.7. The molecule has 0 bridgehead atoms. The average molecular weight is 1570 g/mol. The summed E-state index contributed by atoms with van der Waals surface area (Å²) in [7, 11) is 6.03. The van der Waals surface area contributed by atoms with Crippen LogP contribution in [0.5, 0.6) is 0 Å². The van der Waals surface area contributed by atoms with Gasteiger partial charge in [-0.15, -0.1) is 0 Å². The maximum Gasteiger partial charge on any atom is 0.411 e. The molecule has 0 fully saturated rings. The summed E-state index contributed by atoms with van der Waals surface area (Å²) >= 11 is 0. The maximum atomic E-state index is 11.3. The second-order valence-corrected chi connectivity index (χ2v) is 13.8. The molecule has 630 valence electrons. The molecule has 0 aromatic heterocycles. The van der Waals surface area contributed by atoms with Crippen molar-refractivity contribution in [2.24, 2.45) is 0 Å². The first-order chi connectivity index (χ1) is 44.8. The minimum Gasteiger partial charge on any atom is -0.453 e. The van der Waals surface area contributed by atoms with E-state index < -0.39 is 184 Å². The van der Waals surface area contributed by atoms with Gasteiger partial charge < -0.3 is 181 Å². The molecule has 0 aromatic rings. The number of amides is 18. The molecule has 0 heterocycles. The fourth-order valence-corrected chi connectivity index (χ4v) is 3.62. The van der Waals surface area contributed by atoms with Crippen molar-refractivity contribution >= 4 is 110 Å². The molecule has 0 radical (unpaired) electrons. The second-order valence-electron chi connectivity index (χ2n) is 13.8. The lowest BCUT2D eigenvalue weighted by Crippen LogP contribution is -2.40. The molecule has 0 aliphatic heterocycles. The van der Waals surface area contributed by atoms with Crippen LogP contribution in [-0.2, 0) is 85.3 Å². The van der Waals surface area contributed by atoms with E-state index in [0.717, 1.165) is 21.3 Å². The summed E-state index contributed by atoms with van der Waals surface area (Å²) < 4.78 is 79.6. The van der Waals surface area contributed by atoms with Crippen LogP contribution in [0.15, 0.2) is 0 Å². The van der Waals surface area contributed by atoms with Gasteiger partial charge in [0, 0.05) is 14.1 Å². The third-order valence-electron chi connectivity index (χ3n) is 7.62. The van der Waals surface area contributed by atoms with Crippen molar-refractivity contribution in [1.82, 2.24) is 95.7 Å². The zero-order valence-electron chi connectivity index (χ0n) is 50.0. The van der Waals surface area contributed by atoms with Crippen molar-refractivity contribution in [3.63, 3.8) is 0 Å². The molecule has 106 heavy (non-hydrogen) atoms. The predicted octanol–water partition coefficient (Wildman–Crippen LogP) is 3.20. The summed E-state index contributed by atoms with van der Waals surface area (Å²) in [6.45, 7) is -6.10. The second kappa shape index (κ2) is 87.9. The number of hydrogen-bond donors (Lipinski definition) is 18. The molecule has 0 saturated heterocycles. The third kappa shape index (κ3) is 90.9. The van der Waals surface area contributed by atoms with Crippen molar-refractivity contribution in [2.45, 2.75) is 96.0 Å². The fourth-order valence-electron chi connectivity index (χ4n) is 3.62. The zero-order chi connectivity index (χ0) is 71.2. The fraction of sp³-hybridized carbons (Fsp3) is 0.654. The Morgan fingerprint density at radius 1 is 0.179 bits per heavy atom. The lowest BCUT2D eigenvalue weighted by molar-refractivity contribution is 0.0188. The van der Waals surface area contributed by atoms with Crippen LogP contribution in [0.3, 0.4) is 0 Å². The Hall–Kier alpha value is -13.1. The molecular weight excluding hydrogens is 1450 g/mol. The van der Waals surface area contributed by atoms with Crippen LogP contribution in [0.1, 0.15) is 96.0 Å². The molecule has 18 N–H and O–H groups in total. The van der Waals surface area contributed by atoms with Gasteiger partial charge in [-0.05, 0) is 6.92 Å². The molecule has 54 nitrogen and oxygen atoms in total. The van der Waals surface area contributed by atoms with Crippen LogP contribution < -0.4 is 95.7 Å². The topological polar surface area (TPSA) is 690 Å². The number of carbonyl (C=O) groups is 18. The van der Waals surface area contributed by atoms with Crippen LogP contribution in [0, 0.1) is 0 Å². The highest BCUT2D eigenvalue weighted by Gasteiger charge is 2.14. The first kappa shape index (κ1) is 129. The smallest absolute Gasteiger partial charge is 0.411 e. The lowest BCUT2D eigenvalue weighted by atomic mass is 10.8. The maximum absolute atomic E-state index is 11.3. The van der Waals surface area contributed by atoms with Gasteiger partial charge in [0.2, 0.25) is 47.6 Å². The van der Waals surface area contributed by atoms with Crippen molar-refractivity contribution in [3.8, 4) is 0 Å². The third-order valence-corrected chi connectivity index (χ3v) is 7.62. The molecular formula is C52H116N18O36. The summed E-state index contributed by atoms with van der Waals surface area (Å²) in [5.41, 5.74) is 0. The Bertz CT molecular complexity index is 2220. The highest BCUT2D eigenvalue weighted by Crippen LogP contribution is 1.89. The van der Waals surface area contributed by atoms with Crippen LogP contribution in [0.25, 0.3) is 0 Å². The van der Waals surface area contributed by atoms with Crippen molar-refractivity contribution in [3.05, 3.63) is 0 Å². The predicted molar refractivity (Wildman–Crippen MR) is 367 cm³/mol. The normalized spacial score (nSPS) is 8.09. The van der Waals surface area contributed by atoms with E-state index in [0.29, 0.717) is 0 Å². The Morgan fingerprint density at radius 2 is 0.283 bits per heavy atom. The van der Waals surface area contributed by atoms with Gasteiger partial charge in [-0.3, -0.25) is 0 Å². The van der Waals surface area contributed by atoms with E-state index in [4.69, 9.17) is 0 Å². The molecule has 0 aromatic carbocycles. The monoisotopic (exact) mass is 1570 g/mol. The summed E-state index contributed by atoms with van der Waals surface area (Å²) in [6, 6.07) is 0. The molecule has 0 unspecified atom stereocenters. The van der Waals surface area contributed by atoms with Gasteiger partial charge in [0.25, 0.3) is 0 Å². The van der Waals surface area contributed by atoms with E-state index in [1.807, 2.05) is 0 Å². The van der Waals surface area contributed by atoms with E-state index in [1.54, 1.807) is 6.92 Å². The van der Waals surface area contributed by atoms with Crippen LogP contribution >= 0.6 is 0 Å². The van der Waals surface area contributed by atoms with E-state index in [2.05, 4.69) is 181 Å². The molecule has 0 aliphatic rings. The SMILES string of the molecule is C.C.C.C.C.C.C.C.C.C.C.C.CCOC(=O)NCNC(=O)OCOC(=O)NCNC(=O)OCOC(=O)NCNC(=O)OC.CNC(=O)OCOC(=O)NCNC(=O)OCOC(=O)NCNC(=O)OCOC(=O)NC.COC(=O)NCNC(=O)OCOC(=O)NCNC(=O)OCOC(=O)NCNC(=O)OC. The van der Waals surface area contributed by atoms with E-state index >= 15 is 0 Å². The Balaban J connectivity index is -0.0000000853. The minimum absolute atomic E-state index is 0. The molecule has 0 saturated carbocycles. The van der Waals surface area contributed by atoms with Crippen molar-refractivity contribution < 1.29 is 172 Å². The molecule has 0 atom stereocenters. The summed E-state index contributed by atoms with van der Waals surface area (Å²) in [4.78, 5) is 199. The number of ether oxygens (including phenoxy) is 18. The molecule has 0 rings (SSSR count). The standard InChI is InChI=1S/C14H24N6O12.2C13H22N6O12.12CH4/c1-3-28-10(22)16-5-18-12(24)30-8-32-14(26)20-6-19-13(25)31-7-29-11(23)17-4-15-9(21)27-2;1-26-8(20)14-3-16-10(22)28-6-30-12(24)18-5-19-13(25)31-7-29-11(23)17-4-15-9(21)27-2;1-14-8(20)26-5-28-10(22)16-3-18-12(24)30-7-31-13(25)19-4-17-11(23)29-6-27-9(21)15-2;;;;;;;;;;;;/h3-8H2,1-2H3,(H,15,21)(H,16,22)(H,17,23)(H,18,24)(H,19,25)(H,20,26);2*3-7H2,1-2H3,(H,14,20)(H,15,21)(H,16,22)(H,17,23)(H,18,24)(H,19,25);12*1H4. The largest absolute Gasteiger partial charge is 0.453 e. The van der Waals surface area contributed by atoms with Gasteiger partial charge in [0.15, 0.2) is 0 Å². The summed E-state index contributed by atoms with van der Waals surface area (Å²) in [6.07, 6.45) is -16.9. The molecule has 0 aliphatic carbocycles. The molecule has 18 amide bonds. The summed E-state index contributed by atoms with van der Waals surface area (Å²) in [5, 5.41) is 37.9. The lowest BCUT2D eigenvalue weighted by Gasteiger charge is -2.10. The van der Waals surface area contributed by atoms with Crippen LogP contribution in [0.2, 0.25) is 0 Å². The zero-order valence-corrected chi connectivity index (χ0v) is 50.0. The quantitative estimate of drug-likeness (QED) is 0.0350. The average Bonchev–Trinajstić information content (AvgIpc) is 1.04.